The van der Waals surface area contributed by atoms with Gasteiger partial charge in [0.1, 0.15) is 17.1 Å². The maximum absolute atomic E-state index is 6.26. The van der Waals surface area contributed by atoms with E-state index in [1.54, 1.807) is 0 Å². The Bertz CT molecular complexity index is 476. The van der Waals surface area contributed by atoms with E-state index < -0.39 is 0 Å². The predicted molar refractivity (Wildman–Crippen MR) is 82.3 cm³/mol. The molecule has 0 N–H and O–H groups in total. The molecule has 3 nitrogen and oxygen atoms in total. The summed E-state index contributed by atoms with van der Waals surface area (Å²) in [4.78, 5) is 8.60. The average Bonchev–Trinajstić information content (AvgIpc) is 2.35. The Kier molecular flexibility index (Phi) is 4.90. The van der Waals surface area contributed by atoms with Crippen LogP contribution in [-0.2, 0) is 0 Å². The van der Waals surface area contributed by atoms with Crippen LogP contribution in [0.1, 0.15) is 51.4 Å². The number of aryl methyl sites for hydroxylation is 1. The SMILES string of the molecule is Cc1nc(Cl)c(C)c(OC2CC(C)CCC2C(C)C)n1. The van der Waals surface area contributed by atoms with Crippen molar-refractivity contribution in [1.29, 1.82) is 0 Å². The maximum Gasteiger partial charge on any atom is 0.221 e. The highest BCUT2D eigenvalue weighted by molar-refractivity contribution is 6.30. The summed E-state index contributed by atoms with van der Waals surface area (Å²) < 4.78 is 6.26. The molecule has 1 aromatic rings. The molecule has 1 saturated carbocycles. The summed E-state index contributed by atoms with van der Waals surface area (Å²) in [6, 6.07) is 0. The predicted octanol–water partition coefficient (Wildman–Crippen LogP) is 4.59. The van der Waals surface area contributed by atoms with Crippen LogP contribution in [0.15, 0.2) is 0 Å². The average molecular weight is 297 g/mol. The van der Waals surface area contributed by atoms with Crippen LogP contribution in [0.5, 0.6) is 5.88 Å². The summed E-state index contributed by atoms with van der Waals surface area (Å²) in [6.07, 6.45) is 3.87. The number of aromatic nitrogens is 2. The normalized spacial score (nSPS) is 26.9. The van der Waals surface area contributed by atoms with E-state index in [-0.39, 0.29) is 6.10 Å². The molecule has 0 bridgehead atoms. The lowest BCUT2D eigenvalue weighted by Crippen LogP contribution is -2.36. The van der Waals surface area contributed by atoms with Gasteiger partial charge in [-0.3, -0.25) is 0 Å². The van der Waals surface area contributed by atoms with Crippen LogP contribution in [0.2, 0.25) is 5.15 Å². The fourth-order valence-electron chi connectivity index (χ4n) is 3.08. The molecule has 1 heterocycles. The molecular formula is C16H25ClN2O. The largest absolute Gasteiger partial charge is 0.474 e. The van der Waals surface area contributed by atoms with E-state index in [1.165, 1.54) is 12.8 Å². The fraction of sp³-hybridized carbons (Fsp3) is 0.750. The van der Waals surface area contributed by atoms with Gasteiger partial charge >= 0.3 is 0 Å². The Morgan fingerprint density at radius 1 is 1.20 bits per heavy atom. The van der Waals surface area contributed by atoms with Crippen molar-refractivity contribution in [3.05, 3.63) is 16.5 Å². The zero-order chi connectivity index (χ0) is 14.9. The van der Waals surface area contributed by atoms with Crippen LogP contribution < -0.4 is 4.74 Å². The van der Waals surface area contributed by atoms with Gasteiger partial charge in [0, 0.05) is 5.56 Å². The molecule has 3 atom stereocenters. The molecule has 2 rings (SSSR count). The van der Waals surface area contributed by atoms with E-state index in [9.17, 15) is 0 Å². The highest BCUT2D eigenvalue weighted by Gasteiger charge is 2.33. The van der Waals surface area contributed by atoms with Crippen molar-refractivity contribution in [2.45, 2.75) is 60.0 Å². The number of hydrogen-bond acceptors (Lipinski definition) is 3. The van der Waals surface area contributed by atoms with Crippen molar-refractivity contribution < 1.29 is 4.74 Å². The number of ether oxygens (including phenoxy) is 1. The lowest BCUT2D eigenvalue weighted by Gasteiger charge is -2.37. The van der Waals surface area contributed by atoms with E-state index in [0.29, 0.717) is 34.6 Å². The van der Waals surface area contributed by atoms with Crippen molar-refractivity contribution in [3.63, 3.8) is 0 Å². The maximum atomic E-state index is 6.26. The zero-order valence-corrected chi connectivity index (χ0v) is 13.9. The summed E-state index contributed by atoms with van der Waals surface area (Å²) in [5.41, 5.74) is 0.845. The lowest BCUT2D eigenvalue weighted by molar-refractivity contribution is 0.0419. The van der Waals surface area contributed by atoms with Crippen LogP contribution in [0.4, 0.5) is 0 Å². The minimum atomic E-state index is 0.239. The summed E-state index contributed by atoms with van der Waals surface area (Å²) in [5, 5.41) is 0.498. The molecule has 0 saturated heterocycles. The van der Waals surface area contributed by atoms with E-state index in [2.05, 4.69) is 30.7 Å². The van der Waals surface area contributed by atoms with Gasteiger partial charge in [-0.15, -0.1) is 0 Å². The van der Waals surface area contributed by atoms with Crippen molar-refractivity contribution in [2.75, 3.05) is 0 Å². The first-order valence-corrected chi connectivity index (χ1v) is 7.93. The van der Waals surface area contributed by atoms with Gasteiger partial charge in [-0.2, -0.15) is 4.98 Å². The van der Waals surface area contributed by atoms with Crippen LogP contribution in [0.3, 0.4) is 0 Å². The van der Waals surface area contributed by atoms with Crippen LogP contribution in [0.25, 0.3) is 0 Å². The van der Waals surface area contributed by atoms with Crippen LogP contribution >= 0.6 is 11.6 Å². The van der Waals surface area contributed by atoms with E-state index >= 15 is 0 Å². The molecule has 4 heteroatoms. The Morgan fingerprint density at radius 3 is 2.55 bits per heavy atom. The molecule has 0 radical (unpaired) electrons. The Morgan fingerprint density at radius 2 is 1.90 bits per heavy atom. The van der Waals surface area contributed by atoms with Crippen LogP contribution in [0, 0.1) is 31.6 Å². The highest BCUT2D eigenvalue weighted by atomic mass is 35.5. The number of hydrogen-bond donors (Lipinski definition) is 0. The lowest BCUT2D eigenvalue weighted by atomic mass is 9.75. The number of rotatable bonds is 3. The number of halogens is 1. The third kappa shape index (κ3) is 3.43. The van der Waals surface area contributed by atoms with E-state index in [1.807, 2.05) is 13.8 Å². The molecule has 20 heavy (non-hydrogen) atoms. The van der Waals surface area contributed by atoms with E-state index in [4.69, 9.17) is 16.3 Å². The second-order valence-corrected chi connectivity index (χ2v) is 6.83. The first-order valence-electron chi connectivity index (χ1n) is 7.55. The monoisotopic (exact) mass is 296 g/mol. The minimum absolute atomic E-state index is 0.239. The summed E-state index contributed by atoms with van der Waals surface area (Å²) >= 11 is 6.13. The van der Waals surface area contributed by atoms with Crippen LogP contribution in [-0.4, -0.2) is 16.1 Å². The highest BCUT2D eigenvalue weighted by Crippen LogP contribution is 2.36. The third-order valence-electron chi connectivity index (χ3n) is 4.38. The van der Waals surface area contributed by atoms with Crippen molar-refractivity contribution in [2.24, 2.45) is 17.8 Å². The van der Waals surface area contributed by atoms with E-state index in [0.717, 1.165) is 12.0 Å². The zero-order valence-electron chi connectivity index (χ0n) is 13.1. The molecule has 1 aliphatic carbocycles. The second-order valence-electron chi connectivity index (χ2n) is 6.47. The standard InChI is InChI=1S/C16H25ClN2O/c1-9(2)13-7-6-10(3)8-14(13)20-16-11(4)15(17)18-12(5)19-16/h9-10,13-14H,6-8H2,1-5H3. The molecule has 0 amide bonds. The van der Waals surface area contributed by atoms with Gasteiger partial charge < -0.3 is 4.74 Å². The molecular weight excluding hydrogens is 272 g/mol. The molecule has 112 valence electrons. The van der Waals surface area contributed by atoms with Gasteiger partial charge in [-0.25, -0.2) is 4.98 Å². The summed E-state index contributed by atoms with van der Waals surface area (Å²) in [5.74, 6) is 3.27. The quantitative estimate of drug-likeness (QED) is 0.765. The van der Waals surface area contributed by atoms with Gasteiger partial charge in [-0.05, 0) is 44.4 Å². The molecule has 1 aliphatic rings. The first-order chi connectivity index (χ1) is 9.38. The Labute approximate surface area is 127 Å². The molecule has 0 aromatic carbocycles. The molecule has 1 fully saturated rings. The van der Waals surface area contributed by atoms with Gasteiger partial charge in [0.05, 0.1) is 0 Å². The smallest absolute Gasteiger partial charge is 0.221 e. The van der Waals surface area contributed by atoms with Gasteiger partial charge in [0.15, 0.2) is 0 Å². The first kappa shape index (κ1) is 15.6. The van der Waals surface area contributed by atoms with Gasteiger partial charge in [0.25, 0.3) is 0 Å². The topological polar surface area (TPSA) is 35.0 Å². The molecule has 3 unspecified atom stereocenters. The van der Waals surface area contributed by atoms with Crippen molar-refractivity contribution in [1.82, 2.24) is 9.97 Å². The third-order valence-corrected chi connectivity index (χ3v) is 4.75. The molecule has 0 spiro atoms. The fourth-order valence-corrected chi connectivity index (χ4v) is 3.28. The minimum Gasteiger partial charge on any atom is -0.474 e. The van der Waals surface area contributed by atoms with Crippen molar-refractivity contribution >= 4 is 11.6 Å². The number of nitrogens with zero attached hydrogens (tertiary/aromatic N) is 2. The second kappa shape index (κ2) is 6.30. The molecule has 1 aromatic heterocycles. The summed E-state index contributed by atoms with van der Waals surface area (Å²) in [6.45, 7) is 10.6. The van der Waals surface area contributed by atoms with Gasteiger partial charge in [-0.1, -0.05) is 38.8 Å². The molecule has 0 aliphatic heterocycles. The summed E-state index contributed by atoms with van der Waals surface area (Å²) in [7, 11) is 0. The Balaban J connectivity index is 2.22. The van der Waals surface area contributed by atoms with Crippen molar-refractivity contribution in [3.8, 4) is 5.88 Å². The van der Waals surface area contributed by atoms with Gasteiger partial charge in [0.2, 0.25) is 5.88 Å². The Hall–Kier alpha value is -0.830.